The lowest BCUT2D eigenvalue weighted by Gasteiger charge is -2.34. The molecule has 1 amide bonds. The Balaban J connectivity index is 2.18. The lowest BCUT2D eigenvalue weighted by Crippen LogP contribution is -2.49. The van der Waals surface area contributed by atoms with Crippen LogP contribution in [0.5, 0.6) is 0 Å². The van der Waals surface area contributed by atoms with E-state index in [2.05, 4.69) is 34.2 Å². The van der Waals surface area contributed by atoms with Crippen LogP contribution in [0, 0.1) is 17.2 Å². The van der Waals surface area contributed by atoms with Gasteiger partial charge in [-0.15, -0.1) is 0 Å². The van der Waals surface area contributed by atoms with Crippen molar-refractivity contribution < 1.29 is 4.79 Å². The lowest BCUT2D eigenvalue weighted by molar-refractivity contribution is 0.0894. The van der Waals surface area contributed by atoms with Crippen molar-refractivity contribution in [3.63, 3.8) is 0 Å². The molecule has 0 radical (unpaired) electrons. The number of carbonyl (C=O) groups excluding carboxylic acids is 1. The largest absolute Gasteiger partial charge is 0.334 e. The van der Waals surface area contributed by atoms with Crippen molar-refractivity contribution >= 4 is 33.4 Å². The Hall–Kier alpha value is -1.05. The summed E-state index contributed by atoms with van der Waals surface area (Å²) in [5.74, 6) is 0.329. The zero-order valence-electron chi connectivity index (χ0n) is 11.2. The van der Waals surface area contributed by atoms with Crippen LogP contribution in [-0.2, 0) is 0 Å². The van der Waals surface area contributed by atoms with E-state index in [4.69, 9.17) is 11.6 Å². The summed E-state index contributed by atoms with van der Waals surface area (Å²) in [7, 11) is 0. The second kappa shape index (κ2) is 6.15. The van der Waals surface area contributed by atoms with E-state index in [1.54, 1.807) is 18.2 Å². The van der Waals surface area contributed by atoms with E-state index in [1.165, 1.54) is 0 Å². The molecule has 1 fully saturated rings. The van der Waals surface area contributed by atoms with Crippen molar-refractivity contribution in [2.75, 3.05) is 0 Å². The highest BCUT2D eigenvalue weighted by molar-refractivity contribution is 9.10. The normalized spacial score (nSPS) is 25.8. The van der Waals surface area contributed by atoms with Gasteiger partial charge in [0.2, 0.25) is 0 Å². The molecule has 0 atom stereocenters. The van der Waals surface area contributed by atoms with Crippen molar-refractivity contribution in [1.29, 1.82) is 5.26 Å². The summed E-state index contributed by atoms with van der Waals surface area (Å²) in [4.78, 5) is 12.4. The summed E-state index contributed by atoms with van der Waals surface area (Å²) in [6.45, 7) is 2.17. The number of rotatable bonds is 2. The molecule has 0 unspecified atom stereocenters. The average Bonchev–Trinajstić information content (AvgIpc) is 2.44. The molecule has 1 saturated carbocycles. The molecule has 1 aromatic rings. The fourth-order valence-electron chi connectivity index (χ4n) is 2.48. The van der Waals surface area contributed by atoms with Crippen molar-refractivity contribution in [2.45, 2.75) is 38.1 Å². The van der Waals surface area contributed by atoms with Crippen LogP contribution in [0.1, 0.15) is 43.0 Å². The van der Waals surface area contributed by atoms with Gasteiger partial charge in [0, 0.05) is 4.47 Å². The Labute approximate surface area is 132 Å². The highest BCUT2D eigenvalue weighted by Gasteiger charge is 2.36. The number of hydrogen-bond donors (Lipinski definition) is 1. The van der Waals surface area contributed by atoms with Gasteiger partial charge in [-0.25, -0.2) is 0 Å². The number of halogens is 2. The molecule has 0 heterocycles. The van der Waals surface area contributed by atoms with Crippen LogP contribution in [0.2, 0.25) is 5.02 Å². The number of hydrogen-bond acceptors (Lipinski definition) is 2. The first kappa shape index (κ1) is 15.3. The van der Waals surface area contributed by atoms with Crippen LogP contribution in [0.4, 0.5) is 0 Å². The van der Waals surface area contributed by atoms with Crippen molar-refractivity contribution in [3.05, 3.63) is 33.3 Å². The van der Waals surface area contributed by atoms with E-state index in [-0.39, 0.29) is 5.91 Å². The van der Waals surface area contributed by atoms with Gasteiger partial charge in [-0.1, -0.05) is 34.5 Å². The smallest absolute Gasteiger partial charge is 0.254 e. The molecule has 0 aliphatic heterocycles. The molecule has 1 aliphatic rings. The lowest BCUT2D eigenvalue weighted by atomic mass is 9.78. The van der Waals surface area contributed by atoms with Gasteiger partial charge >= 0.3 is 0 Å². The minimum atomic E-state index is -0.755. The highest BCUT2D eigenvalue weighted by atomic mass is 79.9. The topological polar surface area (TPSA) is 52.9 Å². The second-order valence-corrected chi connectivity index (χ2v) is 6.78. The summed E-state index contributed by atoms with van der Waals surface area (Å²) in [5.41, 5.74) is -0.357. The van der Waals surface area contributed by atoms with E-state index in [9.17, 15) is 10.1 Å². The summed E-state index contributed by atoms with van der Waals surface area (Å²) in [6, 6.07) is 7.41. The third-order valence-electron chi connectivity index (χ3n) is 3.87. The minimum Gasteiger partial charge on any atom is -0.334 e. The van der Waals surface area contributed by atoms with Crippen molar-refractivity contribution in [1.82, 2.24) is 5.32 Å². The molecule has 1 N–H and O–H groups in total. The molecular formula is C15H16BrClN2O. The first-order valence-electron chi connectivity index (χ1n) is 6.64. The summed E-state index contributed by atoms with van der Waals surface area (Å²) in [5, 5.41) is 12.7. The molecule has 0 bridgehead atoms. The van der Waals surface area contributed by atoms with E-state index in [0.717, 1.165) is 17.3 Å². The molecule has 0 saturated heterocycles. The van der Waals surface area contributed by atoms with Crippen LogP contribution in [0.25, 0.3) is 0 Å². The third kappa shape index (κ3) is 3.34. The van der Waals surface area contributed by atoms with Gasteiger partial charge in [-0.2, -0.15) is 5.26 Å². The van der Waals surface area contributed by atoms with E-state index in [1.807, 2.05) is 0 Å². The predicted molar refractivity (Wildman–Crippen MR) is 82.6 cm³/mol. The molecule has 1 aliphatic carbocycles. The molecule has 0 aromatic heterocycles. The number of nitrogens with one attached hydrogen (secondary N) is 1. The molecule has 2 rings (SSSR count). The summed E-state index contributed by atoms with van der Waals surface area (Å²) in [6.07, 6.45) is 3.31. The third-order valence-corrected chi connectivity index (χ3v) is 4.69. The van der Waals surface area contributed by atoms with Crippen molar-refractivity contribution in [2.24, 2.45) is 5.92 Å². The molecule has 5 heteroatoms. The van der Waals surface area contributed by atoms with Gasteiger partial charge in [0.1, 0.15) is 5.54 Å². The highest BCUT2D eigenvalue weighted by Crippen LogP contribution is 2.32. The van der Waals surface area contributed by atoms with Gasteiger partial charge in [-0.3, -0.25) is 4.79 Å². The zero-order valence-corrected chi connectivity index (χ0v) is 13.6. The number of amides is 1. The number of nitriles is 1. The average molecular weight is 356 g/mol. The monoisotopic (exact) mass is 354 g/mol. The minimum absolute atomic E-state index is 0.285. The number of benzene rings is 1. The Bertz CT molecular complexity index is 559. The first-order chi connectivity index (χ1) is 9.46. The molecule has 20 heavy (non-hydrogen) atoms. The molecule has 106 valence electrons. The Morgan fingerprint density at radius 3 is 2.75 bits per heavy atom. The summed E-state index contributed by atoms with van der Waals surface area (Å²) < 4.78 is 0.787. The van der Waals surface area contributed by atoms with Gasteiger partial charge in [-0.05, 0) is 49.8 Å². The maximum Gasteiger partial charge on any atom is 0.254 e. The van der Waals surface area contributed by atoms with E-state index >= 15 is 0 Å². The Morgan fingerprint density at radius 1 is 1.50 bits per heavy atom. The second-order valence-electron chi connectivity index (χ2n) is 5.45. The Kier molecular flexibility index (Phi) is 4.72. The molecular weight excluding hydrogens is 340 g/mol. The maximum atomic E-state index is 12.4. The zero-order chi connectivity index (χ0) is 14.8. The predicted octanol–water partition coefficient (Wildman–Crippen LogP) is 4.30. The van der Waals surface area contributed by atoms with Gasteiger partial charge < -0.3 is 5.32 Å². The van der Waals surface area contributed by atoms with Gasteiger partial charge in [0.15, 0.2) is 0 Å². The SMILES string of the molecule is CC1CCC(C#N)(NC(=O)c2cc(Br)ccc2Cl)CC1. The van der Waals surface area contributed by atoms with Crippen LogP contribution in [-0.4, -0.2) is 11.4 Å². The number of carbonyl (C=O) groups is 1. The molecule has 1 aromatic carbocycles. The maximum absolute atomic E-state index is 12.4. The molecule has 3 nitrogen and oxygen atoms in total. The van der Waals surface area contributed by atoms with Crippen LogP contribution < -0.4 is 5.32 Å². The fourth-order valence-corrected chi connectivity index (χ4v) is 3.04. The molecule has 0 spiro atoms. The number of nitrogens with zero attached hydrogens (tertiary/aromatic N) is 1. The van der Waals surface area contributed by atoms with Crippen molar-refractivity contribution in [3.8, 4) is 6.07 Å². The quantitative estimate of drug-likeness (QED) is 0.859. The van der Waals surface area contributed by atoms with Gasteiger partial charge in [0.05, 0.1) is 16.7 Å². The summed E-state index contributed by atoms with van der Waals surface area (Å²) >= 11 is 9.38. The van der Waals surface area contributed by atoms with Crippen LogP contribution in [0.3, 0.4) is 0 Å². The Morgan fingerprint density at radius 2 is 2.15 bits per heavy atom. The van der Waals surface area contributed by atoms with Gasteiger partial charge in [0.25, 0.3) is 5.91 Å². The van der Waals surface area contributed by atoms with E-state index in [0.29, 0.717) is 29.3 Å². The van der Waals surface area contributed by atoms with Crippen LogP contribution in [0.15, 0.2) is 22.7 Å². The first-order valence-corrected chi connectivity index (χ1v) is 7.82. The van der Waals surface area contributed by atoms with Crippen LogP contribution >= 0.6 is 27.5 Å². The fraction of sp³-hybridized carbons (Fsp3) is 0.467. The standard InChI is InChI=1S/C15H16BrClN2O/c1-10-4-6-15(9-18,7-5-10)19-14(20)12-8-11(16)2-3-13(12)17/h2-3,8,10H,4-7H2,1H3,(H,19,20). The van der Waals surface area contributed by atoms with E-state index < -0.39 is 5.54 Å².